The van der Waals surface area contributed by atoms with E-state index in [0.717, 1.165) is 0 Å². The van der Waals surface area contributed by atoms with Crippen LogP contribution in [-0.4, -0.2) is 30.2 Å². The van der Waals surface area contributed by atoms with E-state index in [0.29, 0.717) is 39.0 Å². The average Bonchev–Trinajstić information content (AvgIpc) is 2.84. The average molecular weight is 442 g/mol. The Kier molecular flexibility index (Phi) is 6.22. The van der Waals surface area contributed by atoms with Crippen molar-refractivity contribution in [3.8, 4) is 11.4 Å². The van der Waals surface area contributed by atoms with Crippen molar-refractivity contribution in [1.82, 2.24) is 4.57 Å². The van der Waals surface area contributed by atoms with Crippen LogP contribution in [0.25, 0.3) is 16.5 Å². The van der Waals surface area contributed by atoms with Crippen molar-refractivity contribution >= 4 is 28.3 Å². The molecule has 0 atom stereocenters. The molecule has 0 bridgehead atoms. The number of pyridine rings is 1. The SMILES string of the molecule is CCOC(=O)c1cccc(NC(=O)c2cn(-c3cccc(OC)c3)c(=O)c3ccccc23)c1. The number of nitrogens with one attached hydrogen (secondary N) is 1. The molecule has 0 radical (unpaired) electrons. The van der Waals surface area contributed by atoms with E-state index in [-0.39, 0.29) is 12.2 Å². The quantitative estimate of drug-likeness (QED) is 0.447. The number of aromatic nitrogens is 1. The smallest absolute Gasteiger partial charge is 0.338 e. The van der Waals surface area contributed by atoms with E-state index in [2.05, 4.69) is 5.32 Å². The highest BCUT2D eigenvalue weighted by Gasteiger charge is 2.17. The monoisotopic (exact) mass is 442 g/mol. The predicted molar refractivity (Wildman–Crippen MR) is 126 cm³/mol. The summed E-state index contributed by atoms with van der Waals surface area (Å²) in [5, 5.41) is 3.76. The number of esters is 1. The molecular formula is C26H22N2O5. The standard InChI is InChI=1S/C26H22N2O5/c1-3-33-26(31)17-8-6-9-18(14-17)27-24(29)23-16-28(19-10-7-11-20(15-19)32-2)25(30)22-13-5-4-12-21(22)23/h4-16H,3H2,1-2H3,(H,27,29). The minimum absolute atomic E-state index is 0.250. The van der Waals surface area contributed by atoms with Crippen LogP contribution >= 0.6 is 0 Å². The molecule has 0 saturated heterocycles. The molecule has 0 aliphatic heterocycles. The normalized spacial score (nSPS) is 10.6. The van der Waals surface area contributed by atoms with Crippen LogP contribution in [0.3, 0.4) is 0 Å². The van der Waals surface area contributed by atoms with Crippen molar-refractivity contribution in [2.45, 2.75) is 6.92 Å². The summed E-state index contributed by atoms with van der Waals surface area (Å²) in [6, 6.07) is 20.5. The second-order valence-electron chi connectivity index (χ2n) is 7.22. The van der Waals surface area contributed by atoms with Crippen LogP contribution in [0.15, 0.2) is 83.8 Å². The van der Waals surface area contributed by atoms with Crippen molar-refractivity contribution in [3.05, 3.63) is 100 Å². The number of nitrogens with zero attached hydrogens (tertiary/aromatic N) is 1. The number of carbonyl (C=O) groups excluding carboxylic acids is 2. The molecule has 0 spiro atoms. The molecule has 4 rings (SSSR count). The fraction of sp³-hybridized carbons (Fsp3) is 0.115. The summed E-state index contributed by atoms with van der Waals surface area (Å²) in [5.41, 5.74) is 1.41. The lowest BCUT2D eigenvalue weighted by Crippen LogP contribution is -2.22. The van der Waals surface area contributed by atoms with Crippen LogP contribution in [0.4, 0.5) is 5.69 Å². The van der Waals surface area contributed by atoms with Gasteiger partial charge in [-0.2, -0.15) is 0 Å². The molecule has 3 aromatic carbocycles. The number of fused-ring (bicyclic) bond motifs is 1. The van der Waals surface area contributed by atoms with Gasteiger partial charge in [0, 0.05) is 28.7 Å². The van der Waals surface area contributed by atoms with E-state index in [9.17, 15) is 14.4 Å². The number of hydrogen-bond donors (Lipinski definition) is 1. The maximum atomic E-state index is 13.3. The van der Waals surface area contributed by atoms with Crippen molar-refractivity contribution in [1.29, 1.82) is 0 Å². The fourth-order valence-corrected chi connectivity index (χ4v) is 3.56. The zero-order valence-electron chi connectivity index (χ0n) is 18.2. The van der Waals surface area contributed by atoms with E-state index in [1.54, 1.807) is 86.8 Å². The van der Waals surface area contributed by atoms with Gasteiger partial charge in [-0.15, -0.1) is 0 Å². The molecule has 0 aliphatic carbocycles. The highest BCUT2D eigenvalue weighted by atomic mass is 16.5. The van der Waals surface area contributed by atoms with E-state index in [1.807, 2.05) is 0 Å². The number of rotatable bonds is 6. The Bertz CT molecular complexity index is 1410. The lowest BCUT2D eigenvalue weighted by molar-refractivity contribution is 0.0526. The van der Waals surface area contributed by atoms with Crippen molar-refractivity contribution in [2.75, 3.05) is 19.0 Å². The van der Waals surface area contributed by atoms with Crippen LogP contribution < -0.4 is 15.6 Å². The number of methoxy groups -OCH3 is 1. The Morgan fingerprint density at radius 3 is 2.45 bits per heavy atom. The van der Waals surface area contributed by atoms with Crippen LogP contribution in [-0.2, 0) is 4.74 Å². The van der Waals surface area contributed by atoms with Crippen molar-refractivity contribution in [3.63, 3.8) is 0 Å². The molecule has 0 fully saturated rings. The maximum absolute atomic E-state index is 13.3. The zero-order valence-corrected chi connectivity index (χ0v) is 18.2. The highest BCUT2D eigenvalue weighted by molar-refractivity contribution is 6.12. The second-order valence-corrected chi connectivity index (χ2v) is 7.22. The molecular weight excluding hydrogens is 420 g/mol. The third-order valence-corrected chi connectivity index (χ3v) is 5.13. The summed E-state index contributed by atoms with van der Waals surface area (Å²) in [6.45, 7) is 1.99. The third kappa shape index (κ3) is 4.48. The lowest BCUT2D eigenvalue weighted by Gasteiger charge is -2.14. The molecule has 4 aromatic rings. The maximum Gasteiger partial charge on any atom is 0.338 e. The zero-order chi connectivity index (χ0) is 23.4. The number of ether oxygens (including phenoxy) is 2. The van der Waals surface area contributed by atoms with Gasteiger partial charge in [0.15, 0.2) is 0 Å². The van der Waals surface area contributed by atoms with Gasteiger partial charge >= 0.3 is 5.97 Å². The van der Waals surface area contributed by atoms with Crippen LogP contribution in [0.1, 0.15) is 27.6 Å². The number of benzene rings is 3. The summed E-state index contributed by atoms with van der Waals surface area (Å²) in [6.07, 6.45) is 1.52. The summed E-state index contributed by atoms with van der Waals surface area (Å²) in [5.74, 6) is -0.288. The third-order valence-electron chi connectivity index (χ3n) is 5.13. The number of hydrogen-bond acceptors (Lipinski definition) is 5. The van der Waals surface area contributed by atoms with Crippen LogP contribution in [0, 0.1) is 0 Å². The molecule has 33 heavy (non-hydrogen) atoms. The highest BCUT2D eigenvalue weighted by Crippen LogP contribution is 2.22. The van der Waals surface area contributed by atoms with Gasteiger partial charge in [0.2, 0.25) is 0 Å². The summed E-state index contributed by atoms with van der Waals surface area (Å²) in [7, 11) is 1.55. The van der Waals surface area contributed by atoms with Gasteiger partial charge in [0.25, 0.3) is 11.5 Å². The first-order chi connectivity index (χ1) is 16.0. The van der Waals surface area contributed by atoms with Crippen LogP contribution in [0.2, 0.25) is 0 Å². The fourth-order valence-electron chi connectivity index (χ4n) is 3.56. The van der Waals surface area contributed by atoms with E-state index < -0.39 is 11.9 Å². The summed E-state index contributed by atoms with van der Waals surface area (Å²) in [4.78, 5) is 38.5. The van der Waals surface area contributed by atoms with E-state index in [4.69, 9.17) is 9.47 Å². The Morgan fingerprint density at radius 1 is 0.939 bits per heavy atom. The molecule has 166 valence electrons. The lowest BCUT2D eigenvalue weighted by atomic mass is 10.1. The van der Waals surface area contributed by atoms with E-state index >= 15 is 0 Å². The van der Waals surface area contributed by atoms with Gasteiger partial charge in [-0.05, 0) is 43.3 Å². The van der Waals surface area contributed by atoms with Gasteiger partial charge < -0.3 is 14.8 Å². The summed E-state index contributed by atoms with van der Waals surface area (Å²) < 4.78 is 11.7. The van der Waals surface area contributed by atoms with E-state index in [1.165, 1.54) is 10.8 Å². The van der Waals surface area contributed by atoms with Gasteiger partial charge in [-0.25, -0.2) is 4.79 Å². The van der Waals surface area contributed by atoms with Gasteiger partial charge in [0.1, 0.15) is 5.75 Å². The van der Waals surface area contributed by atoms with Gasteiger partial charge in [0.05, 0.1) is 30.5 Å². The molecule has 1 aromatic heterocycles. The first-order valence-electron chi connectivity index (χ1n) is 10.4. The molecule has 7 nitrogen and oxygen atoms in total. The van der Waals surface area contributed by atoms with Crippen LogP contribution in [0.5, 0.6) is 5.75 Å². The van der Waals surface area contributed by atoms with Gasteiger partial charge in [-0.3, -0.25) is 14.2 Å². The molecule has 0 saturated carbocycles. The summed E-state index contributed by atoms with van der Waals surface area (Å²) >= 11 is 0. The predicted octanol–water partition coefficient (Wildman–Crippen LogP) is 4.43. The Morgan fingerprint density at radius 2 is 1.70 bits per heavy atom. The first kappa shape index (κ1) is 21.8. The van der Waals surface area contributed by atoms with Crippen molar-refractivity contribution in [2.24, 2.45) is 0 Å². The molecule has 1 heterocycles. The minimum atomic E-state index is -0.467. The Labute approximate surface area is 190 Å². The minimum Gasteiger partial charge on any atom is -0.497 e. The van der Waals surface area contributed by atoms with Gasteiger partial charge in [-0.1, -0.05) is 30.3 Å². The number of amides is 1. The molecule has 1 N–H and O–H groups in total. The first-order valence-corrected chi connectivity index (χ1v) is 10.4. The Balaban J connectivity index is 1.78. The molecule has 1 amide bonds. The van der Waals surface area contributed by atoms with Crippen molar-refractivity contribution < 1.29 is 19.1 Å². The Hall–Kier alpha value is -4.39. The number of carbonyl (C=O) groups is 2. The largest absolute Gasteiger partial charge is 0.497 e. The molecule has 7 heteroatoms. The number of anilines is 1. The molecule has 0 unspecified atom stereocenters. The molecule has 0 aliphatic rings. The second kappa shape index (κ2) is 9.40. The topological polar surface area (TPSA) is 86.6 Å².